The molecule has 20 heavy (non-hydrogen) atoms. The van der Waals surface area contributed by atoms with Crippen LogP contribution in [0.3, 0.4) is 0 Å². The molecule has 1 aliphatic rings. The van der Waals surface area contributed by atoms with Crippen LogP contribution < -0.4 is 5.32 Å². The zero-order valence-electron chi connectivity index (χ0n) is 12.0. The van der Waals surface area contributed by atoms with Gasteiger partial charge < -0.3 is 15.0 Å². The fraction of sp³-hybridized carbons (Fsp3) is 0.600. The van der Waals surface area contributed by atoms with Crippen molar-refractivity contribution in [3.63, 3.8) is 0 Å². The molecular formula is C15H23N3O2. The standard InChI is InChI=1S/C15H23N3O2/c1-2-20-15(19)17-14-4-3-10-18(12-14)11-7-13-5-8-16-9-6-13/h5-6,8-9,14H,2-4,7,10-12H2,1H3,(H,17,19)/t14-/m1/s1. The summed E-state index contributed by atoms with van der Waals surface area (Å²) in [6.45, 7) is 5.27. The molecule has 0 unspecified atom stereocenters. The zero-order chi connectivity index (χ0) is 14.2. The monoisotopic (exact) mass is 277 g/mol. The Hall–Kier alpha value is -1.62. The molecule has 1 saturated heterocycles. The van der Waals surface area contributed by atoms with Crippen molar-refractivity contribution in [1.82, 2.24) is 15.2 Å². The smallest absolute Gasteiger partial charge is 0.407 e. The molecule has 1 aliphatic heterocycles. The average molecular weight is 277 g/mol. The van der Waals surface area contributed by atoms with Gasteiger partial charge in [0, 0.05) is 31.5 Å². The number of hydrogen-bond acceptors (Lipinski definition) is 4. The second-order valence-electron chi connectivity index (χ2n) is 5.11. The highest BCUT2D eigenvalue weighted by atomic mass is 16.5. The molecule has 5 nitrogen and oxygen atoms in total. The Balaban J connectivity index is 1.74. The van der Waals surface area contributed by atoms with Crippen LogP contribution in [0.15, 0.2) is 24.5 Å². The number of pyridine rings is 1. The highest BCUT2D eigenvalue weighted by molar-refractivity contribution is 5.67. The summed E-state index contributed by atoms with van der Waals surface area (Å²) in [6.07, 6.45) is 6.54. The Morgan fingerprint density at radius 3 is 3.05 bits per heavy atom. The van der Waals surface area contributed by atoms with Crippen molar-refractivity contribution in [2.75, 3.05) is 26.2 Å². The van der Waals surface area contributed by atoms with Gasteiger partial charge in [-0.1, -0.05) is 0 Å². The van der Waals surface area contributed by atoms with Crippen LogP contribution in [0.4, 0.5) is 4.79 Å². The predicted molar refractivity (Wildman–Crippen MR) is 77.6 cm³/mol. The number of alkyl carbamates (subject to hydrolysis) is 1. The van der Waals surface area contributed by atoms with Crippen LogP contribution in [0.5, 0.6) is 0 Å². The van der Waals surface area contributed by atoms with E-state index < -0.39 is 0 Å². The molecule has 0 radical (unpaired) electrons. The largest absolute Gasteiger partial charge is 0.450 e. The van der Waals surface area contributed by atoms with Gasteiger partial charge in [-0.2, -0.15) is 0 Å². The van der Waals surface area contributed by atoms with Crippen molar-refractivity contribution >= 4 is 6.09 Å². The molecule has 1 aromatic heterocycles. The number of rotatable bonds is 5. The molecule has 1 amide bonds. The van der Waals surface area contributed by atoms with E-state index >= 15 is 0 Å². The van der Waals surface area contributed by atoms with Crippen molar-refractivity contribution < 1.29 is 9.53 Å². The Labute approximate surface area is 120 Å². The van der Waals surface area contributed by atoms with Gasteiger partial charge in [-0.15, -0.1) is 0 Å². The number of aromatic nitrogens is 1. The molecule has 2 heterocycles. The molecule has 0 saturated carbocycles. The zero-order valence-corrected chi connectivity index (χ0v) is 12.0. The molecule has 110 valence electrons. The third-order valence-electron chi connectivity index (χ3n) is 3.57. The predicted octanol–water partition coefficient (Wildman–Crippen LogP) is 1.83. The van der Waals surface area contributed by atoms with Crippen molar-refractivity contribution in [3.8, 4) is 0 Å². The maximum absolute atomic E-state index is 11.4. The maximum Gasteiger partial charge on any atom is 0.407 e. The van der Waals surface area contributed by atoms with Gasteiger partial charge in [0.05, 0.1) is 6.61 Å². The first-order valence-electron chi connectivity index (χ1n) is 7.32. The normalized spacial score (nSPS) is 19.6. The van der Waals surface area contributed by atoms with Crippen LogP contribution in [0, 0.1) is 0 Å². The lowest BCUT2D eigenvalue weighted by Crippen LogP contribution is -2.48. The Morgan fingerprint density at radius 1 is 1.50 bits per heavy atom. The number of piperidine rings is 1. The summed E-state index contributed by atoms with van der Waals surface area (Å²) in [4.78, 5) is 17.9. The molecule has 0 aromatic carbocycles. The summed E-state index contributed by atoms with van der Waals surface area (Å²) < 4.78 is 4.93. The number of amides is 1. The van der Waals surface area contributed by atoms with Crippen molar-refractivity contribution in [3.05, 3.63) is 30.1 Å². The van der Waals surface area contributed by atoms with Gasteiger partial charge in [0.1, 0.15) is 0 Å². The number of ether oxygens (including phenoxy) is 1. The average Bonchev–Trinajstić information content (AvgIpc) is 2.47. The molecule has 5 heteroatoms. The van der Waals surface area contributed by atoms with E-state index in [1.165, 1.54) is 5.56 Å². The van der Waals surface area contributed by atoms with Gasteiger partial charge in [0.2, 0.25) is 0 Å². The van der Waals surface area contributed by atoms with Crippen LogP contribution in [-0.2, 0) is 11.2 Å². The number of nitrogens with zero attached hydrogens (tertiary/aromatic N) is 2. The summed E-state index contributed by atoms with van der Waals surface area (Å²) in [6, 6.07) is 4.32. The SMILES string of the molecule is CCOC(=O)N[C@@H]1CCCN(CCc2ccncc2)C1. The van der Waals surface area contributed by atoms with E-state index in [4.69, 9.17) is 4.74 Å². The minimum absolute atomic E-state index is 0.209. The Kier molecular flexibility index (Phi) is 5.80. The van der Waals surface area contributed by atoms with E-state index in [2.05, 4.69) is 27.3 Å². The van der Waals surface area contributed by atoms with E-state index in [0.29, 0.717) is 6.61 Å². The van der Waals surface area contributed by atoms with E-state index in [0.717, 1.165) is 38.9 Å². The molecule has 1 N–H and O–H groups in total. The van der Waals surface area contributed by atoms with Gasteiger partial charge in [0.25, 0.3) is 0 Å². The maximum atomic E-state index is 11.4. The minimum Gasteiger partial charge on any atom is -0.450 e. The second-order valence-corrected chi connectivity index (χ2v) is 5.11. The fourth-order valence-corrected chi connectivity index (χ4v) is 2.55. The summed E-state index contributed by atoms with van der Waals surface area (Å²) in [5.41, 5.74) is 1.31. The topological polar surface area (TPSA) is 54.5 Å². The molecule has 2 rings (SSSR count). The molecule has 0 bridgehead atoms. The van der Waals surface area contributed by atoms with Gasteiger partial charge >= 0.3 is 6.09 Å². The summed E-state index contributed by atoms with van der Waals surface area (Å²) in [5.74, 6) is 0. The van der Waals surface area contributed by atoms with Gasteiger partial charge in [-0.25, -0.2) is 4.79 Å². The lowest BCUT2D eigenvalue weighted by atomic mass is 10.1. The van der Waals surface area contributed by atoms with E-state index in [-0.39, 0.29) is 12.1 Å². The summed E-state index contributed by atoms with van der Waals surface area (Å²) in [7, 11) is 0. The van der Waals surface area contributed by atoms with E-state index in [1.807, 2.05) is 19.3 Å². The molecule has 1 atom stereocenters. The Bertz CT molecular complexity index is 411. The first kappa shape index (κ1) is 14.8. The fourth-order valence-electron chi connectivity index (χ4n) is 2.55. The molecule has 1 fully saturated rings. The number of hydrogen-bond donors (Lipinski definition) is 1. The van der Waals surface area contributed by atoms with Gasteiger partial charge in [-0.3, -0.25) is 4.98 Å². The van der Waals surface area contributed by atoms with Crippen LogP contribution in [0.25, 0.3) is 0 Å². The number of carbonyl (C=O) groups is 1. The Morgan fingerprint density at radius 2 is 2.30 bits per heavy atom. The van der Waals surface area contributed by atoms with Gasteiger partial charge in [-0.05, 0) is 50.4 Å². The van der Waals surface area contributed by atoms with Crippen molar-refractivity contribution in [1.29, 1.82) is 0 Å². The highest BCUT2D eigenvalue weighted by Gasteiger charge is 2.21. The second kappa shape index (κ2) is 7.85. The van der Waals surface area contributed by atoms with Crippen molar-refractivity contribution in [2.45, 2.75) is 32.2 Å². The first-order chi connectivity index (χ1) is 9.78. The van der Waals surface area contributed by atoms with Crippen LogP contribution in [0.2, 0.25) is 0 Å². The number of carbonyl (C=O) groups excluding carboxylic acids is 1. The van der Waals surface area contributed by atoms with E-state index in [9.17, 15) is 4.79 Å². The number of likely N-dealkylation sites (tertiary alicyclic amines) is 1. The minimum atomic E-state index is -0.298. The lowest BCUT2D eigenvalue weighted by molar-refractivity contribution is 0.134. The highest BCUT2D eigenvalue weighted by Crippen LogP contribution is 2.11. The molecule has 0 aliphatic carbocycles. The van der Waals surface area contributed by atoms with Crippen molar-refractivity contribution in [2.24, 2.45) is 0 Å². The van der Waals surface area contributed by atoms with Crippen LogP contribution in [-0.4, -0.2) is 48.3 Å². The van der Waals surface area contributed by atoms with Crippen LogP contribution in [0.1, 0.15) is 25.3 Å². The quantitative estimate of drug-likeness (QED) is 0.892. The third-order valence-corrected chi connectivity index (χ3v) is 3.57. The number of nitrogens with one attached hydrogen (secondary N) is 1. The third kappa shape index (κ3) is 4.81. The van der Waals surface area contributed by atoms with Gasteiger partial charge in [0.15, 0.2) is 0 Å². The summed E-state index contributed by atoms with van der Waals surface area (Å²) in [5, 5.41) is 2.94. The molecule has 1 aromatic rings. The van der Waals surface area contributed by atoms with E-state index in [1.54, 1.807) is 0 Å². The molecular weight excluding hydrogens is 254 g/mol. The van der Waals surface area contributed by atoms with Crippen LogP contribution >= 0.6 is 0 Å². The molecule has 0 spiro atoms. The lowest BCUT2D eigenvalue weighted by Gasteiger charge is -2.32. The first-order valence-corrected chi connectivity index (χ1v) is 7.32. The summed E-state index contributed by atoms with van der Waals surface area (Å²) >= 11 is 0.